The molecule has 2 aromatic rings. The van der Waals surface area contributed by atoms with E-state index in [1.165, 1.54) is 12.1 Å². The molecule has 0 atom stereocenters. The molecule has 0 radical (unpaired) electrons. The second kappa shape index (κ2) is 8.17. The van der Waals surface area contributed by atoms with Crippen LogP contribution in [0.4, 0.5) is 21.5 Å². The maximum absolute atomic E-state index is 12.9. The summed E-state index contributed by atoms with van der Waals surface area (Å²) < 4.78 is 12.9. The van der Waals surface area contributed by atoms with Gasteiger partial charge in [-0.15, -0.1) is 0 Å². The highest BCUT2D eigenvalue weighted by atomic mass is 19.1. The Morgan fingerprint density at radius 1 is 1.17 bits per heavy atom. The van der Waals surface area contributed by atoms with Crippen LogP contribution >= 0.6 is 0 Å². The molecule has 4 N–H and O–H groups in total. The van der Waals surface area contributed by atoms with Crippen LogP contribution in [-0.2, 0) is 11.3 Å². The van der Waals surface area contributed by atoms with Crippen LogP contribution in [0.15, 0.2) is 42.5 Å². The molecule has 0 aliphatic heterocycles. The molecule has 0 saturated carbocycles. The fourth-order valence-corrected chi connectivity index (χ4v) is 2.14. The second-order valence-electron chi connectivity index (χ2n) is 5.43. The molecule has 1 amide bonds. The lowest BCUT2D eigenvalue weighted by Gasteiger charge is -2.11. The lowest BCUT2D eigenvalue weighted by Crippen LogP contribution is -2.12. The molecule has 0 aliphatic carbocycles. The van der Waals surface area contributed by atoms with Gasteiger partial charge in [0, 0.05) is 18.7 Å². The minimum atomic E-state index is -0.249. The number of nitrogens with one attached hydrogen (secondary N) is 2. The van der Waals surface area contributed by atoms with Crippen molar-refractivity contribution in [3.8, 4) is 0 Å². The molecule has 0 fully saturated rings. The number of unbranched alkanes of at least 4 members (excludes halogenated alkanes) is 1. The van der Waals surface area contributed by atoms with Gasteiger partial charge >= 0.3 is 0 Å². The number of amides is 1. The molecule has 0 spiro atoms. The Labute approximate surface area is 135 Å². The first-order chi connectivity index (χ1) is 11.1. The highest BCUT2D eigenvalue weighted by Gasteiger charge is 2.05. The van der Waals surface area contributed by atoms with Crippen LogP contribution < -0.4 is 16.4 Å². The number of benzene rings is 2. The first-order valence-electron chi connectivity index (χ1n) is 7.76. The van der Waals surface area contributed by atoms with Gasteiger partial charge in [0.2, 0.25) is 5.91 Å². The topological polar surface area (TPSA) is 67.2 Å². The number of nitrogens with two attached hydrogens (primary N) is 1. The number of hydrogen-bond donors (Lipinski definition) is 3. The van der Waals surface area contributed by atoms with Crippen molar-refractivity contribution in [3.05, 3.63) is 53.8 Å². The zero-order valence-electron chi connectivity index (χ0n) is 13.2. The van der Waals surface area contributed by atoms with Crippen molar-refractivity contribution < 1.29 is 9.18 Å². The maximum Gasteiger partial charge on any atom is 0.224 e. The van der Waals surface area contributed by atoms with Gasteiger partial charge in [-0.2, -0.15) is 0 Å². The maximum atomic E-state index is 12.9. The molecule has 4 nitrogen and oxygen atoms in total. The van der Waals surface area contributed by atoms with E-state index in [9.17, 15) is 9.18 Å². The number of hydrogen-bond acceptors (Lipinski definition) is 3. The third kappa shape index (κ3) is 5.29. The molecule has 2 rings (SSSR count). The summed E-state index contributed by atoms with van der Waals surface area (Å²) in [6.45, 7) is 2.62. The van der Waals surface area contributed by atoms with Crippen molar-refractivity contribution in [1.29, 1.82) is 0 Å². The Morgan fingerprint density at radius 2 is 1.91 bits per heavy atom. The summed E-state index contributed by atoms with van der Waals surface area (Å²) in [7, 11) is 0. The minimum Gasteiger partial charge on any atom is -0.397 e. The number of carbonyl (C=O) groups excluding carboxylic acids is 1. The molecule has 2 aromatic carbocycles. The van der Waals surface area contributed by atoms with Gasteiger partial charge in [-0.25, -0.2) is 4.39 Å². The molecular formula is C18H22FN3O. The highest BCUT2D eigenvalue weighted by molar-refractivity contribution is 5.94. The van der Waals surface area contributed by atoms with Crippen LogP contribution in [-0.4, -0.2) is 5.91 Å². The van der Waals surface area contributed by atoms with Crippen molar-refractivity contribution in [1.82, 2.24) is 0 Å². The van der Waals surface area contributed by atoms with E-state index in [1.807, 2.05) is 13.0 Å². The number of anilines is 3. The number of nitrogen functional groups attached to an aromatic ring is 1. The molecule has 23 heavy (non-hydrogen) atoms. The summed E-state index contributed by atoms with van der Waals surface area (Å²) in [6.07, 6.45) is 2.35. The molecular weight excluding hydrogens is 293 g/mol. The van der Waals surface area contributed by atoms with Gasteiger partial charge in [0.15, 0.2) is 0 Å². The Hall–Kier alpha value is -2.56. The van der Waals surface area contributed by atoms with Gasteiger partial charge < -0.3 is 16.4 Å². The van der Waals surface area contributed by atoms with Crippen LogP contribution in [0.5, 0.6) is 0 Å². The SMILES string of the molecule is CCCCC(=O)Nc1ccc(NCc2ccc(F)cc2)cc1N. The quantitative estimate of drug-likeness (QED) is 0.672. The van der Waals surface area contributed by atoms with Crippen molar-refractivity contribution in [2.24, 2.45) is 0 Å². The van der Waals surface area contributed by atoms with Gasteiger partial charge in [-0.05, 0) is 42.3 Å². The lowest BCUT2D eigenvalue weighted by atomic mass is 10.2. The molecule has 0 aliphatic rings. The van der Waals surface area contributed by atoms with Gasteiger partial charge in [-0.3, -0.25) is 4.79 Å². The molecule has 0 heterocycles. The molecule has 5 heteroatoms. The van der Waals surface area contributed by atoms with E-state index < -0.39 is 0 Å². The molecule has 0 unspecified atom stereocenters. The second-order valence-corrected chi connectivity index (χ2v) is 5.43. The fraction of sp³-hybridized carbons (Fsp3) is 0.278. The average Bonchev–Trinajstić information content (AvgIpc) is 2.54. The Bertz CT molecular complexity index is 656. The third-order valence-corrected chi connectivity index (χ3v) is 3.49. The predicted molar refractivity (Wildman–Crippen MR) is 92.7 cm³/mol. The lowest BCUT2D eigenvalue weighted by molar-refractivity contribution is -0.116. The highest BCUT2D eigenvalue weighted by Crippen LogP contribution is 2.23. The van der Waals surface area contributed by atoms with Gasteiger partial charge in [-0.1, -0.05) is 25.5 Å². The minimum absolute atomic E-state index is 0.0226. The van der Waals surface area contributed by atoms with Crippen LogP contribution in [0.1, 0.15) is 31.7 Å². The standard InChI is InChI=1S/C18H22FN3O/c1-2-3-4-18(23)22-17-10-9-15(11-16(17)20)21-12-13-5-7-14(19)8-6-13/h5-11,21H,2-4,12,20H2,1H3,(H,22,23). The van der Waals surface area contributed by atoms with E-state index in [0.717, 1.165) is 24.1 Å². The predicted octanol–water partition coefficient (Wildman–Crippen LogP) is 4.15. The summed E-state index contributed by atoms with van der Waals surface area (Å²) >= 11 is 0. The van der Waals surface area contributed by atoms with Crippen molar-refractivity contribution in [2.75, 3.05) is 16.4 Å². The van der Waals surface area contributed by atoms with E-state index in [4.69, 9.17) is 5.73 Å². The Kier molecular flexibility index (Phi) is 5.97. The van der Waals surface area contributed by atoms with Crippen molar-refractivity contribution in [3.63, 3.8) is 0 Å². The monoisotopic (exact) mass is 315 g/mol. The number of carbonyl (C=O) groups is 1. The molecule has 122 valence electrons. The first kappa shape index (κ1) is 16.8. The zero-order chi connectivity index (χ0) is 16.7. The first-order valence-corrected chi connectivity index (χ1v) is 7.76. The molecule has 0 aromatic heterocycles. The Morgan fingerprint density at radius 3 is 2.57 bits per heavy atom. The summed E-state index contributed by atoms with van der Waals surface area (Å²) in [4.78, 5) is 11.7. The van der Waals surface area contributed by atoms with Gasteiger partial charge in [0.1, 0.15) is 5.82 Å². The normalized spacial score (nSPS) is 10.3. The largest absolute Gasteiger partial charge is 0.397 e. The van der Waals surface area contributed by atoms with Crippen LogP contribution in [0, 0.1) is 5.82 Å². The zero-order valence-corrected chi connectivity index (χ0v) is 13.2. The van der Waals surface area contributed by atoms with E-state index in [2.05, 4.69) is 10.6 Å². The van der Waals surface area contributed by atoms with Crippen molar-refractivity contribution >= 4 is 23.0 Å². The fourth-order valence-electron chi connectivity index (χ4n) is 2.14. The third-order valence-electron chi connectivity index (χ3n) is 3.49. The van der Waals surface area contributed by atoms with E-state index >= 15 is 0 Å². The van der Waals surface area contributed by atoms with Crippen LogP contribution in [0.25, 0.3) is 0 Å². The summed E-state index contributed by atoms with van der Waals surface area (Å²) in [5.41, 5.74) is 8.94. The van der Waals surface area contributed by atoms with E-state index in [-0.39, 0.29) is 11.7 Å². The number of rotatable bonds is 7. The van der Waals surface area contributed by atoms with Crippen LogP contribution in [0.3, 0.4) is 0 Å². The Balaban J connectivity index is 1.93. The van der Waals surface area contributed by atoms with Gasteiger partial charge in [0.25, 0.3) is 0 Å². The van der Waals surface area contributed by atoms with Gasteiger partial charge in [0.05, 0.1) is 11.4 Å². The van der Waals surface area contributed by atoms with E-state index in [0.29, 0.717) is 24.3 Å². The smallest absolute Gasteiger partial charge is 0.224 e. The summed E-state index contributed by atoms with van der Waals surface area (Å²) in [6, 6.07) is 11.7. The summed E-state index contributed by atoms with van der Waals surface area (Å²) in [5, 5.41) is 6.04. The molecule has 0 saturated heterocycles. The average molecular weight is 315 g/mol. The summed E-state index contributed by atoms with van der Waals surface area (Å²) in [5.74, 6) is -0.272. The molecule has 0 bridgehead atoms. The number of halogens is 1. The van der Waals surface area contributed by atoms with E-state index in [1.54, 1.807) is 24.3 Å². The van der Waals surface area contributed by atoms with Crippen LogP contribution in [0.2, 0.25) is 0 Å². The van der Waals surface area contributed by atoms with Crippen molar-refractivity contribution in [2.45, 2.75) is 32.7 Å².